The first-order valence-corrected chi connectivity index (χ1v) is 6.48. The molecule has 3 nitrogen and oxygen atoms in total. The third-order valence-electron chi connectivity index (χ3n) is 3.22. The van der Waals surface area contributed by atoms with E-state index in [4.69, 9.17) is 5.11 Å². The van der Waals surface area contributed by atoms with Gasteiger partial charge in [0.15, 0.2) is 0 Å². The van der Waals surface area contributed by atoms with Crippen molar-refractivity contribution >= 4 is 0 Å². The monoisotopic (exact) mass is 272 g/mol. The van der Waals surface area contributed by atoms with Crippen LogP contribution >= 0.6 is 0 Å². The molecule has 104 valence electrons. The number of halogens is 1. The summed E-state index contributed by atoms with van der Waals surface area (Å²) in [6.45, 7) is 4.58. The van der Waals surface area contributed by atoms with Gasteiger partial charge in [-0.05, 0) is 31.5 Å². The maximum absolute atomic E-state index is 13.3. The zero-order valence-electron chi connectivity index (χ0n) is 11.7. The van der Waals surface area contributed by atoms with Gasteiger partial charge in [-0.15, -0.1) is 0 Å². The lowest BCUT2D eigenvalue weighted by Gasteiger charge is -2.08. The van der Waals surface area contributed by atoms with Crippen LogP contribution in [-0.4, -0.2) is 21.3 Å². The number of aliphatic hydroxyl groups excluding tert-OH is 1. The summed E-state index contributed by atoms with van der Waals surface area (Å²) in [6.07, 6.45) is 2.16. The van der Waals surface area contributed by atoms with E-state index in [9.17, 15) is 4.39 Å². The number of aliphatic hydroxyl groups is 1. The van der Waals surface area contributed by atoms with Crippen LogP contribution in [0.4, 0.5) is 4.39 Å². The largest absolute Gasteiger partial charge is 0.395 e. The molecule has 0 saturated heterocycles. The van der Waals surface area contributed by atoms with Crippen molar-refractivity contribution < 1.29 is 9.50 Å². The molecule has 1 N–H and O–H groups in total. The van der Waals surface area contributed by atoms with E-state index in [1.807, 2.05) is 18.4 Å². The molecule has 0 aliphatic heterocycles. The van der Waals surface area contributed by atoms with Crippen LogP contribution < -0.4 is 0 Å². The minimum Gasteiger partial charge on any atom is -0.395 e. The van der Waals surface area contributed by atoms with Crippen LogP contribution in [0, 0.1) is 31.5 Å². The lowest BCUT2D eigenvalue weighted by molar-refractivity contribution is 0.305. The van der Waals surface area contributed by atoms with E-state index >= 15 is 0 Å². The van der Waals surface area contributed by atoms with Gasteiger partial charge in [0.25, 0.3) is 0 Å². The van der Waals surface area contributed by atoms with Gasteiger partial charge >= 0.3 is 0 Å². The summed E-state index contributed by atoms with van der Waals surface area (Å²) in [6, 6.07) is 4.61. The highest BCUT2D eigenvalue weighted by molar-refractivity contribution is 5.42. The van der Waals surface area contributed by atoms with Crippen LogP contribution in [0.15, 0.2) is 24.5 Å². The highest BCUT2D eigenvalue weighted by atomic mass is 19.1. The van der Waals surface area contributed by atoms with E-state index < -0.39 is 0 Å². The minimum absolute atomic E-state index is 0.0114. The summed E-state index contributed by atoms with van der Waals surface area (Å²) in [5, 5.41) is 8.75. The van der Waals surface area contributed by atoms with Crippen molar-refractivity contribution in [2.24, 2.45) is 0 Å². The molecule has 2 rings (SSSR count). The number of aromatic nitrogens is 2. The molecule has 0 atom stereocenters. The standard InChI is InChI=1S/C16H17FN2O/c1-12-13(2)19(11-18-12)10-15-6-7-16(17)9-14(15)5-3-4-8-20/h6-7,9,11,20H,4,8,10H2,1-2H3. The second-order valence-corrected chi connectivity index (χ2v) is 4.62. The van der Waals surface area contributed by atoms with Gasteiger partial charge in [0.1, 0.15) is 5.82 Å². The summed E-state index contributed by atoms with van der Waals surface area (Å²) < 4.78 is 15.4. The molecule has 0 bridgehead atoms. The maximum Gasteiger partial charge on any atom is 0.124 e. The van der Waals surface area contributed by atoms with Gasteiger partial charge in [-0.1, -0.05) is 17.9 Å². The van der Waals surface area contributed by atoms with E-state index in [1.165, 1.54) is 12.1 Å². The SMILES string of the molecule is Cc1ncn(Cc2ccc(F)cc2C#CCCO)c1C. The molecule has 0 radical (unpaired) electrons. The Hall–Kier alpha value is -2.12. The van der Waals surface area contributed by atoms with Crippen molar-refractivity contribution in [3.63, 3.8) is 0 Å². The molecule has 2 aromatic rings. The van der Waals surface area contributed by atoms with E-state index in [0.29, 0.717) is 18.5 Å². The number of aryl methyl sites for hydroxylation is 1. The molecule has 0 saturated carbocycles. The third-order valence-corrected chi connectivity index (χ3v) is 3.22. The zero-order chi connectivity index (χ0) is 14.5. The fourth-order valence-corrected chi connectivity index (χ4v) is 1.90. The smallest absolute Gasteiger partial charge is 0.124 e. The molecule has 1 heterocycles. The maximum atomic E-state index is 13.3. The molecule has 4 heteroatoms. The lowest BCUT2D eigenvalue weighted by atomic mass is 10.1. The summed E-state index contributed by atoms with van der Waals surface area (Å²) in [7, 11) is 0. The van der Waals surface area contributed by atoms with Crippen molar-refractivity contribution in [3.05, 3.63) is 52.9 Å². The number of benzene rings is 1. The average molecular weight is 272 g/mol. The van der Waals surface area contributed by atoms with Crippen LogP contribution in [0.1, 0.15) is 28.9 Å². The Morgan fingerprint density at radius 1 is 1.35 bits per heavy atom. The molecule has 0 aliphatic carbocycles. The Labute approximate surface area is 118 Å². The number of imidazole rings is 1. The van der Waals surface area contributed by atoms with Gasteiger partial charge in [-0.25, -0.2) is 9.37 Å². The second kappa shape index (κ2) is 6.36. The van der Waals surface area contributed by atoms with Gasteiger partial charge < -0.3 is 9.67 Å². The lowest BCUT2D eigenvalue weighted by Crippen LogP contribution is -2.03. The normalized spacial score (nSPS) is 10.2. The van der Waals surface area contributed by atoms with Crippen LogP contribution in [0.25, 0.3) is 0 Å². The summed E-state index contributed by atoms with van der Waals surface area (Å²) >= 11 is 0. The highest BCUT2D eigenvalue weighted by Crippen LogP contribution is 2.14. The number of nitrogens with zero attached hydrogens (tertiary/aromatic N) is 2. The van der Waals surface area contributed by atoms with Crippen LogP contribution in [-0.2, 0) is 6.54 Å². The van der Waals surface area contributed by atoms with Gasteiger partial charge in [-0.2, -0.15) is 0 Å². The molecular weight excluding hydrogens is 255 g/mol. The molecule has 0 unspecified atom stereocenters. The van der Waals surface area contributed by atoms with Gasteiger partial charge in [-0.3, -0.25) is 0 Å². The number of rotatable bonds is 3. The molecule has 0 fully saturated rings. The summed E-state index contributed by atoms with van der Waals surface area (Å²) in [5.74, 6) is 5.45. The van der Waals surface area contributed by atoms with E-state index in [-0.39, 0.29) is 12.4 Å². The van der Waals surface area contributed by atoms with E-state index in [0.717, 1.165) is 17.0 Å². The predicted molar refractivity (Wildman–Crippen MR) is 75.8 cm³/mol. The van der Waals surface area contributed by atoms with Crippen molar-refractivity contribution in [3.8, 4) is 11.8 Å². The van der Waals surface area contributed by atoms with Crippen molar-refractivity contribution in [2.45, 2.75) is 26.8 Å². The quantitative estimate of drug-likeness (QED) is 0.871. The number of hydrogen-bond acceptors (Lipinski definition) is 2. The predicted octanol–water partition coefficient (Wildman–Crippen LogP) is 2.42. The van der Waals surface area contributed by atoms with Crippen molar-refractivity contribution in [2.75, 3.05) is 6.61 Å². The van der Waals surface area contributed by atoms with Crippen LogP contribution in [0.3, 0.4) is 0 Å². The Morgan fingerprint density at radius 3 is 2.80 bits per heavy atom. The zero-order valence-corrected chi connectivity index (χ0v) is 11.7. The van der Waals surface area contributed by atoms with Gasteiger partial charge in [0, 0.05) is 24.2 Å². The minimum atomic E-state index is -0.305. The molecule has 0 spiro atoms. The first-order valence-electron chi connectivity index (χ1n) is 6.48. The fraction of sp³-hybridized carbons (Fsp3) is 0.312. The van der Waals surface area contributed by atoms with E-state index in [1.54, 1.807) is 12.4 Å². The first-order chi connectivity index (χ1) is 9.61. The second-order valence-electron chi connectivity index (χ2n) is 4.62. The first kappa shape index (κ1) is 14.3. The molecule has 0 amide bonds. The molecule has 1 aromatic heterocycles. The molecule has 1 aromatic carbocycles. The van der Waals surface area contributed by atoms with Gasteiger partial charge in [0.05, 0.1) is 18.6 Å². The average Bonchev–Trinajstić information content (AvgIpc) is 2.74. The Kier molecular flexibility index (Phi) is 4.54. The van der Waals surface area contributed by atoms with Crippen molar-refractivity contribution in [1.82, 2.24) is 9.55 Å². The highest BCUT2D eigenvalue weighted by Gasteiger charge is 2.06. The molecule has 20 heavy (non-hydrogen) atoms. The Bertz CT molecular complexity index is 665. The van der Waals surface area contributed by atoms with Crippen molar-refractivity contribution in [1.29, 1.82) is 0 Å². The topological polar surface area (TPSA) is 38.0 Å². The molecular formula is C16H17FN2O. The Morgan fingerprint density at radius 2 is 2.15 bits per heavy atom. The number of hydrogen-bond donors (Lipinski definition) is 1. The fourth-order valence-electron chi connectivity index (χ4n) is 1.90. The third kappa shape index (κ3) is 3.25. The van der Waals surface area contributed by atoms with Gasteiger partial charge in [0.2, 0.25) is 0 Å². The van der Waals surface area contributed by atoms with E-state index in [2.05, 4.69) is 16.8 Å². The summed E-state index contributed by atoms with van der Waals surface area (Å²) in [5.41, 5.74) is 3.67. The Balaban J connectivity index is 2.32. The molecule has 0 aliphatic rings. The summed E-state index contributed by atoms with van der Waals surface area (Å²) in [4.78, 5) is 4.25. The van der Waals surface area contributed by atoms with Crippen LogP contribution in [0.2, 0.25) is 0 Å². The van der Waals surface area contributed by atoms with Crippen LogP contribution in [0.5, 0.6) is 0 Å².